The lowest BCUT2D eigenvalue weighted by Gasteiger charge is -2.72. The number of fused-ring (bicyclic) bond motifs is 7. The van der Waals surface area contributed by atoms with Gasteiger partial charge in [-0.05, 0) is 145 Å². The van der Waals surface area contributed by atoms with Crippen molar-refractivity contribution >= 4 is 15.8 Å². The Morgan fingerprint density at radius 2 is 1.65 bits per heavy atom. The molecular formula is C43H69FN2O4S. The lowest BCUT2D eigenvalue weighted by atomic mass is 9.32. The molecule has 2 N–H and O–H groups in total. The van der Waals surface area contributed by atoms with Gasteiger partial charge in [0.15, 0.2) is 9.84 Å². The van der Waals surface area contributed by atoms with Gasteiger partial charge in [0, 0.05) is 31.7 Å². The fraction of sp³-hybridized carbons (Fsp3) is 0.884. The van der Waals surface area contributed by atoms with E-state index in [1.165, 1.54) is 62.5 Å². The second kappa shape index (κ2) is 12.9. The highest BCUT2D eigenvalue weighted by molar-refractivity contribution is 7.91. The summed E-state index contributed by atoms with van der Waals surface area (Å²) in [7, 11) is -2.86. The molecule has 7 aliphatic rings. The standard InChI is InChI=1S/C43H69FN2O4S/c1-29(2)31-12-19-43(45-22-23-46-24-26-51(49,50)27-25-46)21-20-40(6)33(36(31)43)8-9-35-39(5)15-13-32(38(3,4)34(39)14-16-41(35,40)7)30-10-17-42(28-44,18-11-30)37(47)48/h10,13,29,31,33-36,45H,8-9,11-12,14-28H2,1-7H3,(H,47,48)/t31-,33+,34-,35+,36+,39-,40+,41+,42-,43-/m0/s1. The Bertz CT molecular complexity index is 1540. The average Bonchev–Trinajstić information content (AvgIpc) is 3.46. The largest absolute Gasteiger partial charge is 0.481 e. The van der Waals surface area contributed by atoms with Crippen molar-refractivity contribution in [1.29, 1.82) is 0 Å². The van der Waals surface area contributed by atoms with Gasteiger partial charge in [-0.2, -0.15) is 0 Å². The number of hydrogen-bond acceptors (Lipinski definition) is 5. The van der Waals surface area contributed by atoms with Crippen LogP contribution in [-0.4, -0.2) is 74.3 Å². The van der Waals surface area contributed by atoms with E-state index in [1.807, 2.05) is 0 Å². The molecule has 8 heteroatoms. The summed E-state index contributed by atoms with van der Waals surface area (Å²) in [6.07, 6.45) is 17.3. The molecular weight excluding hydrogens is 660 g/mol. The minimum Gasteiger partial charge on any atom is -0.481 e. The molecule has 1 aliphatic heterocycles. The number of hydrogen-bond donors (Lipinski definition) is 2. The Morgan fingerprint density at radius 3 is 2.27 bits per heavy atom. The smallest absolute Gasteiger partial charge is 0.312 e. The second-order valence-corrected chi connectivity index (χ2v) is 22.7. The van der Waals surface area contributed by atoms with Gasteiger partial charge in [-0.1, -0.05) is 60.6 Å². The summed E-state index contributed by atoms with van der Waals surface area (Å²) < 4.78 is 38.1. The van der Waals surface area contributed by atoms with E-state index in [0.717, 1.165) is 31.3 Å². The Balaban J connectivity index is 1.13. The van der Waals surface area contributed by atoms with Gasteiger partial charge in [-0.25, -0.2) is 12.8 Å². The number of allylic oxidation sites excluding steroid dienone is 4. The van der Waals surface area contributed by atoms with Gasteiger partial charge in [0.25, 0.3) is 0 Å². The highest BCUT2D eigenvalue weighted by Gasteiger charge is 2.70. The summed E-state index contributed by atoms with van der Waals surface area (Å²) in [5, 5.41) is 14.1. The predicted molar refractivity (Wildman–Crippen MR) is 204 cm³/mol. The van der Waals surface area contributed by atoms with Gasteiger partial charge < -0.3 is 15.3 Å². The number of alkyl halides is 1. The van der Waals surface area contributed by atoms with Crippen molar-refractivity contribution in [3.05, 3.63) is 23.3 Å². The fourth-order valence-electron chi connectivity index (χ4n) is 14.8. The van der Waals surface area contributed by atoms with Crippen molar-refractivity contribution in [3.8, 4) is 0 Å². The molecule has 0 unspecified atom stereocenters. The molecule has 288 valence electrons. The van der Waals surface area contributed by atoms with E-state index in [-0.39, 0.29) is 21.8 Å². The summed E-state index contributed by atoms with van der Waals surface area (Å²) in [6.45, 7) is 20.4. The molecule has 0 bridgehead atoms. The third-order valence-electron chi connectivity index (χ3n) is 17.9. The van der Waals surface area contributed by atoms with Crippen molar-refractivity contribution in [2.45, 2.75) is 131 Å². The lowest BCUT2D eigenvalue weighted by molar-refractivity contribution is -0.223. The van der Waals surface area contributed by atoms with E-state index < -0.39 is 27.9 Å². The third-order valence-corrected chi connectivity index (χ3v) is 19.5. The molecule has 6 nitrogen and oxygen atoms in total. The number of rotatable bonds is 8. The Hall–Kier alpha value is -1.25. The third kappa shape index (κ3) is 5.78. The highest BCUT2D eigenvalue weighted by atomic mass is 32.2. The van der Waals surface area contributed by atoms with E-state index in [0.29, 0.717) is 72.9 Å². The van der Waals surface area contributed by atoms with Gasteiger partial charge in [0.05, 0.1) is 16.9 Å². The summed E-state index contributed by atoms with van der Waals surface area (Å²) in [5.74, 6) is 3.68. The van der Waals surface area contributed by atoms with Crippen molar-refractivity contribution in [3.63, 3.8) is 0 Å². The Kier molecular flexibility index (Phi) is 9.64. The molecule has 6 aliphatic carbocycles. The van der Waals surface area contributed by atoms with E-state index in [4.69, 9.17) is 0 Å². The van der Waals surface area contributed by atoms with Crippen LogP contribution in [-0.2, 0) is 14.6 Å². The molecule has 4 saturated carbocycles. The van der Waals surface area contributed by atoms with Crippen molar-refractivity contribution in [2.75, 3.05) is 44.4 Å². The topological polar surface area (TPSA) is 86.7 Å². The predicted octanol–water partition coefficient (Wildman–Crippen LogP) is 8.48. The van der Waals surface area contributed by atoms with Crippen LogP contribution in [0.15, 0.2) is 23.3 Å². The van der Waals surface area contributed by atoms with E-state index in [1.54, 1.807) is 0 Å². The first-order chi connectivity index (χ1) is 23.9. The first-order valence-electron chi connectivity index (χ1n) is 20.8. The number of nitrogens with zero attached hydrogens (tertiary/aromatic N) is 1. The summed E-state index contributed by atoms with van der Waals surface area (Å²) in [4.78, 5) is 14.3. The molecule has 0 aromatic heterocycles. The molecule has 1 saturated heterocycles. The van der Waals surface area contributed by atoms with E-state index in [9.17, 15) is 22.7 Å². The molecule has 51 heavy (non-hydrogen) atoms. The molecule has 10 atom stereocenters. The first kappa shape index (κ1) is 38.0. The number of halogens is 1. The number of carboxylic acids is 1. The summed E-state index contributed by atoms with van der Waals surface area (Å²) in [5.41, 5.74) is 2.43. The Labute approximate surface area is 309 Å². The zero-order valence-corrected chi connectivity index (χ0v) is 33.8. The van der Waals surface area contributed by atoms with Crippen molar-refractivity contribution in [1.82, 2.24) is 10.2 Å². The molecule has 7 rings (SSSR count). The zero-order valence-electron chi connectivity index (χ0n) is 33.0. The van der Waals surface area contributed by atoms with Crippen LogP contribution in [0.2, 0.25) is 0 Å². The van der Waals surface area contributed by atoms with Gasteiger partial charge >= 0.3 is 5.97 Å². The minimum absolute atomic E-state index is 0.00473. The quantitative estimate of drug-likeness (QED) is 0.261. The van der Waals surface area contributed by atoms with Crippen LogP contribution in [0.5, 0.6) is 0 Å². The number of nitrogens with one attached hydrogen (secondary N) is 1. The first-order valence-corrected chi connectivity index (χ1v) is 22.6. The van der Waals surface area contributed by atoms with Crippen molar-refractivity contribution in [2.24, 2.45) is 62.6 Å². The molecule has 1 heterocycles. The van der Waals surface area contributed by atoms with Gasteiger partial charge in [0.2, 0.25) is 0 Å². The molecule has 0 aromatic carbocycles. The van der Waals surface area contributed by atoms with Crippen LogP contribution >= 0.6 is 0 Å². The average molecular weight is 729 g/mol. The SMILES string of the molecule is CC(C)[C@@H]1CC[C@]2(NCCN3CCS(=O)(=O)CC3)CC[C@]3(C)[C@H](CC[C@@H]4[C@@]5(C)CC=C(C6=CC[C@](CF)(C(=O)O)CC6)C(C)(C)[C@@H]5CC[C@]43C)[C@@H]12. The minimum atomic E-state index is -2.86. The fourth-order valence-corrected chi connectivity index (χ4v) is 16.1. The normalized spacial score (nSPS) is 46.3. The maximum absolute atomic E-state index is 14.0. The van der Waals surface area contributed by atoms with E-state index >= 15 is 0 Å². The Morgan fingerprint density at radius 1 is 0.922 bits per heavy atom. The van der Waals surface area contributed by atoms with Gasteiger partial charge in [-0.3, -0.25) is 4.79 Å². The molecule has 0 amide bonds. The van der Waals surface area contributed by atoms with Crippen LogP contribution < -0.4 is 5.32 Å². The number of carboxylic acid groups (broad SMARTS) is 1. The maximum atomic E-state index is 14.0. The zero-order chi connectivity index (χ0) is 36.8. The van der Waals surface area contributed by atoms with Gasteiger partial charge in [0.1, 0.15) is 6.67 Å². The van der Waals surface area contributed by atoms with Crippen LogP contribution in [0.25, 0.3) is 0 Å². The van der Waals surface area contributed by atoms with Crippen LogP contribution in [0.4, 0.5) is 4.39 Å². The lowest BCUT2D eigenvalue weighted by Crippen LogP contribution is -2.68. The molecule has 0 spiro atoms. The highest BCUT2D eigenvalue weighted by Crippen LogP contribution is 2.76. The number of aliphatic carboxylic acids is 1. The summed E-state index contributed by atoms with van der Waals surface area (Å²) >= 11 is 0. The maximum Gasteiger partial charge on any atom is 0.312 e. The molecule has 0 radical (unpaired) electrons. The van der Waals surface area contributed by atoms with E-state index in [2.05, 4.69) is 70.8 Å². The second-order valence-electron chi connectivity index (χ2n) is 20.4. The van der Waals surface area contributed by atoms with Crippen LogP contribution in [0, 0.1) is 62.6 Å². The molecule has 0 aromatic rings. The van der Waals surface area contributed by atoms with Crippen molar-refractivity contribution < 1.29 is 22.7 Å². The molecule has 5 fully saturated rings. The van der Waals surface area contributed by atoms with Crippen LogP contribution in [0.1, 0.15) is 126 Å². The van der Waals surface area contributed by atoms with Gasteiger partial charge in [-0.15, -0.1) is 0 Å². The monoisotopic (exact) mass is 728 g/mol. The number of sulfone groups is 1. The van der Waals surface area contributed by atoms with Crippen LogP contribution in [0.3, 0.4) is 0 Å². The summed E-state index contributed by atoms with van der Waals surface area (Å²) in [6, 6.07) is 0. The number of carbonyl (C=O) groups is 1.